The molecule has 1 N–H and O–H groups in total. The second-order valence-corrected chi connectivity index (χ2v) is 9.17. The lowest BCUT2D eigenvalue weighted by Crippen LogP contribution is -2.46. The van der Waals surface area contributed by atoms with Gasteiger partial charge in [0.1, 0.15) is 0 Å². The van der Waals surface area contributed by atoms with E-state index in [1.54, 1.807) is 23.5 Å². The zero-order valence-electron chi connectivity index (χ0n) is 13.5. The molecule has 5 nitrogen and oxygen atoms in total. The van der Waals surface area contributed by atoms with E-state index in [-0.39, 0.29) is 16.8 Å². The summed E-state index contributed by atoms with van der Waals surface area (Å²) in [5.41, 5.74) is 0. The fourth-order valence-corrected chi connectivity index (χ4v) is 4.95. The van der Waals surface area contributed by atoms with Crippen molar-refractivity contribution in [3.8, 4) is 0 Å². The molecule has 0 saturated carbocycles. The Morgan fingerprint density at radius 1 is 1.20 bits per heavy atom. The van der Waals surface area contributed by atoms with Gasteiger partial charge in [-0.15, -0.1) is 11.3 Å². The summed E-state index contributed by atoms with van der Waals surface area (Å²) in [6.45, 7) is 1.13. The van der Waals surface area contributed by atoms with E-state index >= 15 is 0 Å². The number of hydrogen-bond donors (Lipinski definition) is 1. The molecule has 25 heavy (non-hydrogen) atoms. The van der Waals surface area contributed by atoms with E-state index in [1.165, 1.54) is 12.1 Å². The molecule has 1 aromatic carbocycles. The van der Waals surface area contributed by atoms with Gasteiger partial charge < -0.3 is 4.90 Å². The third-order valence-corrected chi connectivity index (χ3v) is 6.86. The Hall–Kier alpha value is -1.41. The van der Waals surface area contributed by atoms with E-state index in [0.717, 1.165) is 4.88 Å². The van der Waals surface area contributed by atoms with Gasteiger partial charge in [0.25, 0.3) is 0 Å². The predicted octanol–water partition coefficient (Wildman–Crippen LogP) is 2.91. The normalized spacial score (nSPS) is 16.1. The third kappa shape index (κ3) is 4.82. The van der Waals surface area contributed by atoms with Gasteiger partial charge in [0, 0.05) is 29.0 Å². The van der Waals surface area contributed by atoms with Crippen LogP contribution in [0.5, 0.6) is 0 Å². The fourth-order valence-electron chi connectivity index (χ4n) is 2.82. The second kappa shape index (κ2) is 7.86. The standard InChI is InChI=1S/C17H19ClN2O3S2/c18-13-3-5-16(6-4-13)25(22,23)19-14-7-9-20(10-8-14)17(21)12-15-2-1-11-24-15/h1-6,11,14,19H,7-10,12H2. The summed E-state index contributed by atoms with van der Waals surface area (Å²) in [5, 5.41) is 2.46. The minimum absolute atomic E-state index is 0.0986. The van der Waals surface area contributed by atoms with Crippen LogP contribution < -0.4 is 4.72 Å². The van der Waals surface area contributed by atoms with Crippen LogP contribution in [0.1, 0.15) is 17.7 Å². The molecule has 1 amide bonds. The number of carbonyl (C=O) groups excluding carboxylic acids is 1. The van der Waals surface area contributed by atoms with Crippen LogP contribution in [0.25, 0.3) is 0 Å². The van der Waals surface area contributed by atoms with E-state index in [1.807, 2.05) is 22.4 Å². The number of likely N-dealkylation sites (tertiary alicyclic amines) is 1. The Morgan fingerprint density at radius 3 is 2.48 bits per heavy atom. The van der Waals surface area contributed by atoms with Gasteiger partial charge in [0.15, 0.2) is 0 Å². The van der Waals surface area contributed by atoms with Gasteiger partial charge in [-0.3, -0.25) is 4.79 Å². The maximum absolute atomic E-state index is 12.4. The number of nitrogens with zero attached hydrogens (tertiary/aromatic N) is 1. The maximum atomic E-state index is 12.4. The number of benzene rings is 1. The molecule has 1 aliphatic rings. The van der Waals surface area contributed by atoms with Crippen molar-refractivity contribution in [2.45, 2.75) is 30.2 Å². The maximum Gasteiger partial charge on any atom is 0.240 e. The van der Waals surface area contributed by atoms with Crippen molar-refractivity contribution in [1.82, 2.24) is 9.62 Å². The highest BCUT2D eigenvalue weighted by Gasteiger charge is 2.26. The van der Waals surface area contributed by atoms with E-state index in [9.17, 15) is 13.2 Å². The topological polar surface area (TPSA) is 66.5 Å². The number of halogens is 1. The molecule has 1 aromatic heterocycles. The van der Waals surface area contributed by atoms with Crippen LogP contribution in [-0.4, -0.2) is 38.4 Å². The Labute approximate surface area is 156 Å². The number of nitrogens with one attached hydrogen (secondary N) is 1. The van der Waals surface area contributed by atoms with Crippen molar-refractivity contribution in [1.29, 1.82) is 0 Å². The van der Waals surface area contributed by atoms with Crippen molar-refractivity contribution in [2.75, 3.05) is 13.1 Å². The first kappa shape index (κ1) is 18.4. The van der Waals surface area contributed by atoms with Crippen molar-refractivity contribution in [2.24, 2.45) is 0 Å². The smallest absolute Gasteiger partial charge is 0.240 e. The molecule has 2 aromatic rings. The molecule has 0 aliphatic carbocycles. The number of piperidine rings is 1. The van der Waals surface area contributed by atoms with Crippen LogP contribution >= 0.6 is 22.9 Å². The molecular formula is C17H19ClN2O3S2. The number of hydrogen-bond acceptors (Lipinski definition) is 4. The van der Waals surface area contributed by atoms with Crippen molar-refractivity contribution in [3.05, 3.63) is 51.7 Å². The fraction of sp³-hybridized carbons (Fsp3) is 0.353. The van der Waals surface area contributed by atoms with E-state index < -0.39 is 10.0 Å². The molecule has 1 fully saturated rings. The number of thiophene rings is 1. The van der Waals surface area contributed by atoms with Crippen LogP contribution in [0.4, 0.5) is 0 Å². The molecule has 2 heterocycles. The van der Waals surface area contributed by atoms with Gasteiger partial charge in [0.2, 0.25) is 15.9 Å². The summed E-state index contributed by atoms with van der Waals surface area (Å²) in [4.78, 5) is 15.4. The minimum Gasteiger partial charge on any atom is -0.342 e. The number of amides is 1. The second-order valence-electron chi connectivity index (χ2n) is 5.99. The van der Waals surface area contributed by atoms with Crippen LogP contribution in [0, 0.1) is 0 Å². The van der Waals surface area contributed by atoms with Gasteiger partial charge in [-0.1, -0.05) is 17.7 Å². The number of sulfonamides is 1. The summed E-state index contributed by atoms with van der Waals surface area (Å²) < 4.78 is 27.5. The van der Waals surface area contributed by atoms with Crippen LogP contribution in [0.2, 0.25) is 5.02 Å². The van der Waals surface area contributed by atoms with Gasteiger partial charge >= 0.3 is 0 Å². The Bertz CT molecular complexity index is 812. The highest BCUT2D eigenvalue weighted by Crippen LogP contribution is 2.18. The molecule has 0 bridgehead atoms. The monoisotopic (exact) mass is 398 g/mol. The lowest BCUT2D eigenvalue weighted by molar-refractivity contribution is -0.131. The molecule has 1 saturated heterocycles. The van der Waals surface area contributed by atoms with Crippen LogP contribution in [0.15, 0.2) is 46.7 Å². The van der Waals surface area contributed by atoms with Crippen LogP contribution in [-0.2, 0) is 21.2 Å². The zero-order valence-corrected chi connectivity index (χ0v) is 15.9. The van der Waals surface area contributed by atoms with Gasteiger partial charge in [-0.25, -0.2) is 13.1 Å². The minimum atomic E-state index is -3.57. The Kier molecular flexibility index (Phi) is 5.78. The van der Waals surface area contributed by atoms with E-state index in [2.05, 4.69) is 4.72 Å². The first-order chi connectivity index (χ1) is 11.9. The van der Waals surface area contributed by atoms with Gasteiger partial charge in [-0.2, -0.15) is 0 Å². The molecular weight excluding hydrogens is 380 g/mol. The predicted molar refractivity (Wildman–Crippen MR) is 99.4 cm³/mol. The lowest BCUT2D eigenvalue weighted by Gasteiger charge is -2.32. The summed E-state index contributed by atoms with van der Waals surface area (Å²) >= 11 is 7.37. The first-order valence-electron chi connectivity index (χ1n) is 8.02. The molecule has 0 spiro atoms. The summed E-state index contributed by atoms with van der Waals surface area (Å²) in [7, 11) is -3.57. The number of rotatable bonds is 5. The first-order valence-corrected chi connectivity index (χ1v) is 10.8. The van der Waals surface area contributed by atoms with Crippen molar-refractivity contribution >= 4 is 38.9 Å². The molecule has 1 aliphatic heterocycles. The van der Waals surface area contributed by atoms with Gasteiger partial charge in [-0.05, 0) is 48.6 Å². The molecule has 0 atom stereocenters. The summed E-state index contributed by atoms with van der Waals surface area (Å²) in [6.07, 6.45) is 1.64. The van der Waals surface area contributed by atoms with E-state index in [4.69, 9.17) is 11.6 Å². The third-order valence-electron chi connectivity index (χ3n) is 4.20. The largest absolute Gasteiger partial charge is 0.342 e. The Balaban J connectivity index is 1.53. The number of carbonyl (C=O) groups is 1. The van der Waals surface area contributed by atoms with Crippen LogP contribution in [0.3, 0.4) is 0 Å². The summed E-state index contributed by atoms with van der Waals surface area (Å²) in [6, 6.07) is 9.82. The summed E-state index contributed by atoms with van der Waals surface area (Å²) in [5.74, 6) is 0.0986. The molecule has 0 unspecified atom stereocenters. The zero-order chi connectivity index (χ0) is 17.9. The van der Waals surface area contributed by atoms with Crippen molar-refractivity contribution < 1.29 is 13.2 Å². The SMILES string of the molecule is O=C(Cc1cccs1)N1CCC(NS(=O)(=O)c2ccc(Cl)cc2)CC1. The molecule has 0 radical (unpaired) electrons. The molecule has 8 heteroatoms. The Morgan fingerprint density at radius 2 is 1.88 bits per heavy atom. The average Bonchev–Trinajstić information content (AvgIpc) is 3.08. The highest BCUT2D eigenvalue weighted by atomic mass is 35.5. The van der Waals surface area contributed by atoms with Crippen molar-refractivity contribution in [3.63, 3.8) is 0 Å². The lowest BCUT2D eigenvalue weighted by atomic mass is 10.1. The van der Waals surface area contributed by atoms with E-state index in [0.29, 0.717) is 37.4 Å². The highest BCUT2D eigenvalue weighted by molar-refractivity contribution is 7.89. The molecule has 3 rings (SSSR count). The quantitative estimate of drug-likeness (QED) is 0.842. The average molecular weight is 399 g/mol. The molecule has 134 valence electrons. The van der Waals surface area contributed by atoms with Gasteiger partial charge in [0.05, 0.1) is 11.3 Å².